The largest absolute Gasteiger partial charge is 0.497 e. The van der Waals surface area contributed by atoms with Gasteiger partial charge in [-0.2, -0.15) is 0 Å². The molecule has 1 heterocycles. The standard InChI is InChI=1S/C19H26N4O3S/c1-13(2)11-12-20-16(24)5-4-6-17-22-23-19(27-17)18(25)21-14-7-9-15(26-3)10-8-14/h7-10,13H,4-6,11-12H2,1-3H3,(H,20,24)(H,21,25). The Labute approximate surface area is 163 Å². The Bertz CT molecular complexity index is 744. The van der Waals surface area contributed by atoms with Crippen LogP contribution in [0.25, 0.3) is 0 Å². The first-order valence-corrected chi connectivity index (χ1v) is 9.84. The molecule has 0 saturated carbocycles. The predicted octanol–water partition coefficient (Wildman–Crippen LogP) is 3.28. The fraction of sp³-hybridized carbons (Fsp3) is 0.474. The maximum absolute atomic E-state index is 12.2. The minimum Gasteiger partial charge on any atom is -0.497 e. The summed E-state index contributed by atoms with van der Waals surface area (Å²) in [6.07, 6.45) is 2.74. The van der Waals surface area contributed by atoms with E-state index in [0.717, 1.165) is 17.2 Å². The van der Waals surface area contributed by atoms with Crippen LogP contribution in [0.2, 0.25) is 0 Å². The third-order valence-electron chi connectivity index (χ3n) is 3.85. The van der Waals surface area contributed by atoms with E-state index in [-0.39, 0.29) is 11.8 Å². The van der Waals surface area contributed by atoms with Crippen molar-refractivity contribution in [1.82, 2.24) is 15.5 Å². The number of nitrogens with zero attached hydrogens (tertiary/aromatic N) is 2. The quantitative estimate of drug-likeness (QED) is 0.649. The molecule has 0 atom stereocenters. The molecule has 7 nitrogen and oxygen atoms in total. The van der Waals surface area contributed by atoms with Gasteiger partial charge in [-0.3, -0.25) is 9.59 Å². The van der Waals surface area contributed by atoms with Gasteiger partial charge in [0.15, 0.2) is 0 Å². The zero-order valence-electron chi connectivity index (χ0n) is 15.9. The molecule has 0 aliphatic carbocycles. The molecule has 146 valence electrons. The van der Waals surface area contributed by atoms with Crippen molar-refractivity contribution in [1.29, 1.82) is 0 Å². The van der Waals surface area contributed by atoms with Gasteiger partial charge in [0.05, 0.1) is 7.11 Å². The van der Waals surface area contributed by atoms with Crippen LogP contribution in [0.5, 0.6) is 5.75 Å². The summed E-state index contributed by atoms with van der Waals surface area (Å²) < 4.78 is 5.09. The summed E-state index contributed by atoms with van der Waals surface area (Å²) in [6.45, 7) is 4.97. The number of anilines is 1. The van der Waals surface area contributed by atoms with Gasteiger partial charge in [0, 0.05) is 25.1 Å². The summed E-state index contributed by atoms with van der Waals surface area (Å²) in [5, 5.41) is 14.7. The number of rotatable bonds is 10. The number of amides is 2. The number of hydrogen-bond donors (Lipinski definition) is 2. The van der Waals surface area contributed by atoms with Crippen LogP contribution >= 0.6 is 11.3 Å². The smallest absolute Gasteiger partial charge is 0.286 e. The third kappa shape index (κ3) is 7.34. The molecule has 2 amide bonds. The normalized spacial score (nSPS) is 10.7. The molecule has 0 saturated heterocycles. The van der Waals surface area contributed by atoms with Crippen molar-refractivity contribution >= 4 is 28.8 Å². The lowest BCUT2D eigenvalue weighted by molar-refractivity contribution is -0.121. The van der Waals surface area contributed by atoms with Crippen molar-refractivity contribution in [3.8, 4) is 5.75 Å². The zero-order chi connectivity index (χ0) is 19.6. The SMILES string of the molecule is COc1ccc(NC(=O)c2nnc(CCCC(=O)NCCC(C)C)s2)cc1. The molecule has 2 rings (SSSR count). The molecule has 0 spiro atoms. The monoisotopic (exact) mass is 390 g/mol. The Hall–Kier alpha value is -2.48. The van der Waals surface area contributed by atoms with E-state index in [9.17, 15) is 9.59 Å². The maximum Gasteiger partial charge on any atom is 0.286 e. The van der Waals surface area contributed by atoms with Crippen LogP contribution in [0.4, 0.5) is 5.69 Å². The first-order chi connectivity index (χ1) is 13.0. The highest BCUT2D eigenvalue weighted by molar-refractivity contribution is 7.13. The summed E-state index contributed by atoms with van der Waals surface area (Å²) in [4.78, 5) is 24.0. The topological polar surface area (TPSA) is 93.2 Å². The second kappa shape index (κ2) is 10.6. The first-order valence-electron chi connectivity index (χ1n) is 9.02. The molecule has 0 aliphatic heterocycles. The Kier molecular flexibility index (Phi) is 8.19. The van der Waals surface area contributed by atoms with Crippen LogP contribution in [0.1, 0.15) is 47.9 Å². The lowest BCUT2D eigenvalue weighted by Gasteiger charge is -2.06. The summed E-state index contributed by atoms with van der Waals surface area (Å²) in [6, 6.07) is 7.06. The average Bonchev–Trinajstić information content (AvgIpc) is 3.11. The molecule has 1 aromatic heterocycles. The summed E-state index contributed by atoms with van der Waals surface area (Å²) in [5.41, 5.74) is 0.663. The fourth-order valence-electron chi connectivity index (χ4n) is 2.29. The van der Waals surface area contributed by atoms with Crippen LogP contribution in [0, 0.1) is 5.92 Å². The van der Waals surface area contributed by atoms with Gasteiger partial charge in [0.2, 0.25) is 10.9 Å². The van der Waals surface area contributed by atoms with E-state index in [1.807, 2.05) is 0 Å². The zero-order valence-corrected chi connectivity index (χ0v) is 16.8. The summed E-state index contributed by atoms with van der Waals surface area (Å²) >= 11 is 1.25. The van der Waals surface area contributed by atoms with Crippen molar-refractivity contribution in [3.05, 3.63) is 34.3 Å². The van der Waals surface area contributed by atoms with Crippen LogP contribution in [-0.4, -0.2) is 35.7 Å². The van der Waals surface area contributed by atoms with Crippen LogP contribution in [0.15, 0.2) is 24.3 Å². The number of benzene rings is 1. The van der Waals surface area contributed by atoms with Crippen molar-refractivity contribution < 1.29 is 14.3 Å². The molecule has 0 unspecified atom stereocenters. The first kappa shape index (κ1) is 20.8. The number of aryl methyl sites for hydroxylation is 1. The van der Waals surface area contributed by atoms with E-state index in [1.165, 1.54) is 11.3 Å². The van der Waals surface area contributed by atoms with Gasteiger partial charge >= 0.3 is 0 Å². The number of nitrogens with one attached hydrogen (secondary N) is 2. The van der Waals surface area contributed by atoms with E-state index in [0.29, 0.717) is 42.4 Å². The van der Waals surface area contributed by atoms with Crippen molar-refractivity contribution in [2.24, 2.45) is 5.92 Å². The Morgan fingerprint density at radius 3 is 2.59 bits per heavy atom. The van der Waals surface area contributed by atoms with E-state index in [1.54, 1.807) is 31.4 Å². The summed E-state index contributed by atoms with van der Waals surface area (Å²) in [7, 11) is 1.59. The molecule has 0 aliphatic rings. The van der Waals surface area contributed by atoms with Gasteiger partial charge in [0.25, 0.3) is 5.91 Å². The molecule has 0 fully saturated rings. The Morgan fingerprint density at radius 1 is 1.19 bits per heavy atom. The van der Waals surface area contributed by atoms with Crippen LogP contribution < -0.4 is 15.4 Å². The van der Waals surface area contributed by atoms with Gasteiger partial charge < -0.3 is 15.4 Å². The second-order valence-electron chi connectivity index (χ2n) is 6.57. The van der Waals surface area contributed by atoms with Gasteiger partial charge in [-0.15, -0.1) is 10.2 Å². The predicted molar refractivity (Wildman–Crippen MR) is 106 cm³/mol. The highest BCUT2D eigenvalue weighted by Crippen LogP contribution is 2.18. The molecule has 27 heavy (non-hydrogen) atoms. The van der Waals surface area contributed by atoms with E-state index in [4.69, 9.17) is 4.74 Å². The number of carbonyl (C=O) groups excluding carboxylic acids is 2. The van der Waals surface area contributed by atoms with Crippen LogP contribution in [-0.2, 0) is 11.2 Å². The molecule has 2 aromatic rings. The minimum absolute atomic E-state index is 0.0534. The number of carbonyl (C=O) groups is 2. The van der Waals surface area contributed by atoms with Gasteiger partial charge in [0.1, 0.15) is 10.8 Å². The molecular formula is C19H26N4O3S. The third-order valence-corrected chi connectivity index (χ3v) is 4.83. The van der Waals surface area contributed by atoms with Gasteiger partial charge in [-0.05, 0) is 43.0 Å². The van der Waals surface area contributed by atoms with Crippen molar-refractivity contribution in [2.45, 2.75) is 39.5 Å². The molecule has 0 radical (unpaired) electrons. The number of aromatic nitrogens is 2. The Morgan fingerprint density at radius 2 is 1.93 bits per heavy atom. The van der Waals surface area contributed by atoms with Crippen molar-refractivity contribution in [2.75, 3.05) is 19.0 Å². The van der Waals surface area contributed by atoms with Crippen LogP contribution in [0.3, 0.4) is 0 Å². The minimum atomic E-state index is -0.296. The average molecular weight is 391 g/mol. The van der Waals surface area contributed by atoms with E-state index < -0.39 is 0 Å². The highest BCUT2D eigenvalue weighted by Gasteiger charge is 2.13. The molecule has 2 N–H and O–H groups in total. The number of hydrogen-bond acceptors (Lipinski definition) is 6. The fourth-order valence-corrected chi connectivity index (χ4v) is 3.07. The summed E-state index contributed by atoms with van der Waals surface area (Å²) in [5.74, 6) is 1.06. The lowest BCUT2D eigenvalue weighted by Crippen LogP contribution is -2.25. The number of ether oxygens (including phenoxy) is 1. The number of methoxy groups -OCH3 is 1. The molecule has 8 heteroatoms. The second-order valence-corrected chi connectivity index (χ2v) is 7.63. The molecular weight excluding hydrogens is 364 g/mol. The highest BCUT2D eigenvalue weighted by atomic mass is 32.1. The van der Waals surface area contributed by atoms with E-state index in [2.05, 4.69) is 34.7 Å². The van der Waals surface area contributed by atoms with E-state index >= 15 is 0 Å². The van der Waals surface area contributed by atoms with Gasteiger partial charge in [-0.1, -0.05) is 25.2 Å². The molecule has 1 aromatic carbocycles. The molecule has 0 bridgehead atoms. The Balaban J connectivity index is 1.75. The lowest BCUT2D eigenvalue weighted by atomic mass is 10.1. The van der Waals surface area contributed by atoms with Crippen molar-refractivity contribution in [3.63, 3.8) is 0 Å². The van der Waals surface area contributed by atoms with Gasteiger partial charge in [-0.25, -0.2) is 0 Å². The maximum atomic E-state index is 12.2.